The van der Waals surface area contributed by atoms with Crippen molar-refractivity contribution >= 4 is 34.6 Å². The molecule has 0 bridgehead atoms. The summed E-state index contributed by atoms with van der Waals surface area (Å²) in [6, 6.07) is 3.60. The number of anilines is 2. The van der Waals surface area contributed by atoms with E-state index in [1.54, 1.807) is 6.07 Å². The Kier molecular flexibility index (Phi) is 4.19. The molecule has 0 unspecified atom stereocenters. The van der Waals surface area contributed by atoms with E-state index in [1.165, 1.54) is 0 Å². The Labute approximate surface area is 125 Å². The monoisotopic (exact) mass is 301 g/mol. The molecule has 2 rings (SSSR count). The molecule has 0 aliphatic carbocycles. The van der Waals surface area contributed by atoms with Gasteiger partial charge in [-0.2, -0.15) is 0 Å². The summed E-state index contributed by atoms with van der Waals surface area (Å²) in [5.41, 5.74) is 7.94. The maximum absolute atomic E-state index is 6.08. The molecule has 0 radical (unpaired) electrons. The summed E-state index contributed by atoms with van der Waals surface area (Å²) in [7, 11) is 0. The number of piperazine rings is 1. The summed E-state index contributed by atoms with van der Waals surface area (Å²) in [4.78, 5) is 4.76. The predicted molar refractivity (Wildman–Crippen MR) is 84.4 cm³/mol. The highest BCUT2D eigenvalue weighted by molar-refractivity contribution is 6.42. The predicted octanol–water partition coefficient (Wildman–Crippen LogP) is 3.50. The van der Waals surface area contributed by atoms with Gasteiger partial charge in [0.2, 0.25) is 0 Å². The normalized spacial score (nSPS) is 17.8. The molecule has 2 N–H and O–H groups in total. The van der Waals surface area contributed by atoms with Crippen LogP contribution in [0.1, 0.15) is 20.8 Å². The van der Waals surface area contributed by atoms with Crippen LogP contribution in [0.5, 0.6) is 0 Å². The molecule has 1 fully saturated rings. The van der Waals surface area contributed by atoms with Crippen LogP contribution in [0, 0.1) is 0 Å². The summed E-state index contributed by atoms with van der Waals surface area (Å²) in [6.45, 7) is 10.7. The van der Waals surface area contributed by atoms with Crippen LogP contribution in [-0.4, -0.2) is 36.6 Å². The van der Waals surface area contributed by atoms with Crippen molar-refractivity contribution in [3.8, 4) is 0 Å². The Balaban J connectivity index is 2.12. The Hall–Kier alpha value is -0.640. The van der Waals surface area contributed by atoms with Gasteiger partial charge in [-0.15, -0.1) is 0 Å². The van der Waals surface area contributed by atoms with Crippen molar-refractivity contribution in [2.45, 2.75) is 26.3 Å². The van der Waals surface area contributed by atoms with Gasteiger partial charge in [-0.05, 0) is 32.9 Å². The molecular weight excluding hydrogens is 281 g/mol. The number of hydrogen-bond acceptors (Lipinski definition) is 3. The molecule has 0 amide bonds. The van der Waals surface area contributed by atoms with Gasteiger partial charge in [0.15, 0.2) is 0 Å². The van der Waals surface area contributed by atoms with Gasteiger partial charge in [0.05, 0.1) is 21.4 Å². The third kappa shape index (κ3) is 3.28. The lowest BCUT2D eigenvalue weighted by atomic mass is 10.0. The quantitative estimate of drug-likeness (QED) is 0.806. The molecule has 1 aliphatic heterocycles. The first-order valence-corrected chi connectivity index (χ1v) is 7.29. The summed E-state index contributed by atoms with van der Waals surface area (Å²) in [5, 5.41) is 1.07. The minimum atomic E-state index is 0.218. The van der Waals surface area contributed by atoms with E-state index in [2.05, 4.69) is 30.6 Å². The Morgan fingerprint density at radius 1 is 1.00 bits per heavy atom. The molecule has 1 heterocycles. The first-order valence-electron chi connectivity index (χ1n) is 6.53. The number of halogens is 2. The van der Waals surface area contributed by atoms with Crippen LogP contribution in [0.25, 0.3) is 0 Å². The fourth-order valence-corrected chi connectivity index (χ4v) is 2.77. The van der Waals surface area contributed by atoms with Crippen LogP contribution in [0.2, 0.25) is 10.0 Å². The SMILES string of the molecule is CC(C)(C)N1CCN(c2cc(Cl)c(Cl)cc2N)CC1. The van der Waals surface area contributed by atoms with Gasteiger partial charge in [-0.3, -0.25) is 4.90 Å². The highest BCUT2D eigenvalue weighted by atomic mass is 35.5. The van der Waals surface area contributed by atoms with Crippen molar-refractivity contribution < 1.29 is 0 Å². The van der Waals surface area contributed by atoms with Gasteiger partial charge in [0, 0.05) is 31.7 Å². The Bertz CT molecular complexity index is 460. The molecular formula is C14H21Cl2N3. The fraction of sp³-hybridized carbons (Fsp3) is 0.571. The Morgan fingerprint density at radius 3 is 2.05 bits per heavy atom. The average Bonchev–Trinajstić information content (AvgIpc) is 2.33. The molecule has 1 aliphatic rings. The number of nitrogens with zero attached hydrogens (tertiary/aromatic N) is 2. The van der Waals surface area contributed by atoms with Gasteiger partial charge < -0.3 is 10.6 Å². The number of benzene rings is 1. The molecule has 0 saturated carbocycles. The molecule has 0 spiro atoms. The van der Waals surface area contributed by atoms with E-state index in [1.807, 2.05) is 6.07 Å². The van der Waals surface area contributed by atoms with Crippen molar-refractivity contribution in [3.05, 3.63) is 22.2 Å². The fourth-order valence-electron chi connectivity index (χ4n) is 2.44. The van der Waals surface area contributed by atoms with E-state index in [9.17, 15) is 0 Å². The molecule has 0 atom stereocenters. The zero-order chi connectivity index (χ0) is 14.2. The molecule has 5 heteroatoms. The van der Waals surface area contributed by atoms with Crippen molar-refractivity contribution in [1.82, 2.24) is 4.90 Å². The molecule has 1 aromatic carbocycles. The van der Waals surface area contributed by atoms with E-state index in [-0.39, 0.29) is 5.54 Å². The summed E-state index contributed by atoms with van der Waals surface area (Å²) in [5.74, 6) is 0. The Morgan fingerprint density at radius 2 is 1.53 bits per heavy atom. The lowest BCUT2D eigenvalue weighted by molar-refractivity contribution is 0.128. The van der Waals surface area contributed by atoms with Crippen LogP contribution in [0.3, 0.4) is 0 Å². The van der Waals surface area contributed by atoms with Gasteiger partial charge in [-0.25, -0.2) is 0 Å². The number of nitrogen functional groups attached to an aromatic ring is 1. The van der Waals surface area contributed by atoms with Crippen LogP contribution in [0.4, 0.5) is 11.4 Å². The third-order valence-electron chi connectivity index (χ3n) is 3.64. The van der Waals surface area contributed by atoms with Crippen molar-refractivity contribution in [1.29, 1.82) is 0 Å². The molecule has 1 aromatic rings. The van der Waals surface area contributed by atoms with Gasteiger partial charge >= 0.3 is 0 Å². The minimum absolute atomic E-state index is 0.218. The lowest BCUT2D eigenvalue weighted by Gasteiger charge is -2.43. The van der Waals surface area contributed by atoms with E-state index in [4.69, 9.17) is 28.9 Å². The van der Waals surface area contributed by atoms with Crippen LogP contribution < -0.4 is 10.6 Å². The maximum Gasteiger partial charge on any atom is 0.0616 e. The minimum Gasteiger partial charge on any atom is -0.397 e. The van der Waals surface area contributed by atoms with E-state index in [0.29, 0.717) is 15.7 Å². The zero-order valence-corrected chi connectivity index (χ0v) is 13.2. The third-order valence-corrected chi connectivity index (χ3v) is 4.36. The van der Waals surface area contributed by atoms with E-state index in [0.717, 1.165) is 31.9 Å². The highest BCUT2D eigenvalue weighted by Gasteiger charge is 2.26. The van der Waals surface area contributed by atoms with Crippen LogP contribution in [-0.2, 0) is 0 Å². The van der Waals surface area contributed by atoms with Crippen molar-refractivity contribution in [3.63, 3.8) is 0 Å². The largest absolute Gasteiger partial charge is 0.397 e. The first-order chi connectivity index (χ1) is 8.79. The molecule has 106 valence electrons. The van der Waals surface area contributed by atoms with Crippen molar-refractivity contribution in [2.24, 2.45) is 0 Å². The summed E-state index contributed by atoms with van der Waals surface area (Å²) >= 11 is 12.1. The van der Waals surface area contributed by atoms with Gasteiger partial charge in [0.25, 0.3) is 0 Å². The second kappa shape index (κ2) is 5.39. The van der Waals surface area contributed by atoms with Crippen LogP contribution >= 0.6 is 23.2 Å². The van der Waals surface area contributed by atoms with Crippen LogP contribution in [0.15, 0.2) is 12.1 Å². The number of hydrogen-bond donors (Lipinski definition) is 1. The summed E-state index contributed by atoms with van der Waals surface area (Å²) in [6.07, 6.45) is 0. The lowest BCUT2D eigenvalue weighted by Crippen LogP contribution is -2.53. The maximum atomic E-state index is 6.08. The molecule has 19 heavy (non-hydrogen) atoms. The molecule has 0 aromatic heterocycles. The van der Waals surface area contributed by atoms with Crippen molar-refractivity contribution in [2.75, 3.05) is 36.8 Å². The summed E-state index contributed by atoms with van der Waals surface area (Å²) < 4.78 is 0. The second-order valence-corrected chi connectivity index (χ2v) is 6.78. The van der Waals surface area contributed by atoms with Gasteiger partial charge in [0.1, 0.15) is 0 Å². The molecule has 3 nitrogen and oxygen atoms in total. The van der Waals surface area contributed by atoms with E-state index < -0.39 is 0 Å². The second-order valence-electron chi connectivity index (χ2n) is 5.97. The van der Waals surface area contributed by atoms with Gasteiger partial charge in [-0.1, -0.05) is 23.2 Å². The van der Waals surface area contributed by atoms with E-state index >= 15 is 0 Å². The zero-order valence-electron chi connectivity index (χ0n) is 11.7. The number of rotatable bonds is 1. The highest BCUT2D eigenvalue weighted by Crippen LogP contribution is 2.33. The first kappa shape index (κ1) is 14.8. The topological polar surface area (TPSA) is 32.5 Å². The molecule has 1 saturated heterocycles. The standard InChI is InChI=1S/C14H21Cl2N3/c1-14(2,3)19-6-4-18(5-7-19)13-9-11(16)10(15)8-12(13)17/h8-9H,4-7,17H2,1-3H3. The average molecular weight is 302 g/mol. The smallest absolute Gasteiger partial charge is 0.0616 e. The number of nitrogens with two attached hydrogens (primary N) is 1.